The second-order valence-electron chi connectivity index (χ2n) is 10.4. The lowest BCUT2D eigenvalue weighted by Crippen LogP contribution is -2.54. The molecule has 37 heavy (non-hydrogen) atoms. The third-order valence-corrected chi connectivity index (χ3v) is 6.90. The Balaban J connectivity index is 0.000000186. The van der Waals surface area contributed by atoms with E-state index in [0.29, 0.717) is 35.2 Å². The minimum Gasteiger partial charge on any atom is -0.352 e. The van der Waals surface area contributed by atoms with Crippen LogP contribution in [0, 0.1) is 11.8 Å². The maximum absolute atomic E-state index is 12.0. The molecule has 0 bridgehead atoms. The quantitative estimate of drug-likeness (QED) is 0.453. The van der Waals surface area contributed by atoms with Crippen LogP contribution in [-0.2, 0) is 0 Å². The van der Waals surface area contributed by atoms with Crippen LogP contribution < -0.4 is 20.9 Å². The van der Waals surface area contributed by atoms with Crippen molar-refractivity contribution in [2.75, 3.05) is 31.1 Å². The van der Waals surface area contributed by atoms with Gasteiger partial charge < -0.3 is 20.9 Å². The topological polar surface area (TPSA) is 125 Å². The highest BCUT2D eigenvalue weighted by molar-refractivity contribution is 6.29. The number of hydrogen-bond acceptors (Lipinski definition) is 8. The lowest BCUT2D eigenvalue weighted by atomic mass is 10.1. The number of nitrogens with zero attached hydrogens (tertiary/aromatic N) is 5. The van der Waals surface area contributed by atoms with E-state index in [4.69, 9.17) is 11.6 Å². The minimum atomic E-state index is -0.181. The number of carbonyl (C=O) groups excluding carboxylic acids is 2. The molecule has 200 valence electrons. The average molecular weight is 529 g/mol. The molecule has 0 aromatic carbocycles. The molecular formula is C26H37ClN8O2. The maximum Gasteiger partial charge on any atom is 0.271 e. The molecule has 3 aliphatic rings. The smallest absolute Gasteiger partial charge is 0.271 e. The van der Waals surface area contributed by atoms with Crippen LogP contribution in [0.2, 0.25) is 5.15 Å². The van der Waals surface area contributed by atoms with Gasteiger partial charge in [0.1, 0.15) is 0 Å². The van der Waals surface area contributed by atoms with E-state index >= 15 is 0 Å². The van der Waals surface area contributed by atoms with Crippen molar-refractivity contribution in [3.63, 3.8) is 0 Å². The summed E-state index contributed by atoms with van der Waals surface area (Å²) in [6, 6.07) is 7.65. The standard InChI is InChI=1S/C16H25N5O.C10H12ClN3O/c1-11-9-21(10-12(2)18-11)15-6-5-14(19-20-15)16(22)17-8-7-13-3-4-13;11-9-4-3-8(13-14-9)10(15)12-6-5-7-1-2-7/h5-6,11-13,18H,3-4,7-10H2,1-2H3,(H,17,22);3-4,7H,1-2,5-6H2,(H,12,15). The first kappa shape index (κ1) is 27.2. The molecule has 0 spiro atoms. The summed E-state index contributed by atoms with van der Waals surface area (Å²) in [6.07, 6.45) is 7.37. The summed E-state index contributed by atoms with van der Waals surface area (Å²) < 4.78 is 0. The van der Waals surface area contributed by atoms with Gasteiger partial charge in [-0.2, -0.15) is 0 Å². The lowest BCUT2D eigenvalue weighted by molar-refractivity contribution is 0.0938. The highest BCUT2D eigenvalue weighted by Gasteiger charge is 2.23. The van der Waals surface area contributed by atoms with Gasteiger partial charge in [0.05, 0.1) is 0 Å². The van der Waals surface area contributed by atoms with Gasteiger partial charge in [0.25, 0.3) is 11.8 Å². The molecule has 2 unspecified atom stereocenters. The zero-order valence-electron chi connectivity index (χ0n) is 21.6. The van der Waals surface area contributed by atoms with Crippen LogP contribution in [0.1, 0.15) is 73.3 Å². The van der Waals surface area contributed by atoms with Gasteiger partial charge >= 0.3 is 0 Å². The van der Waals surface area contributed by atoms with Crippen LogP contribution in [0.25, 0.3) is 0 Å². The third-order valence-electron chi connectivity index (χ3n) is 6.70. The molecule has 2 atom stereocenters. The molecule has 5 rings (SSSR count). The van der Waals surface area contributed by atoms with Crippen LogP contribution >= 0.6 is 11.6 Å². The highest BCUT2D eigenvalue weighted by Crippen LogP contribution is 2.32. The van der Waals surface area contributed by atoms with Gasteiger partial charge in [-0.25, -0.2) is 0 Å². The van der Waals surface area contributed by atoms with Gasteiger partial charge in [0.15, 0.2) is 22.4 Å². The first-order valence-corrected chi connectivity index (χ1v) is 13.7. The molecule has 2 saturated carbocycles. The largest absolute Gasteiger partial charge is 0.352 e. The Hall–Kier alpha value is -2.85. The maximum atomic E-state index is 12.0. The molecular weight excluding hydrogens is 492 g/mol. The molecule has 11 heteroatoms. The number of piperazine rings is 1. The van der Waals surface area contributed by atoms with Crippen molar-refractivity contribution < 1.29 is 9.59 Å². The number of amides is 2. The number of anilines is 1. The average Bonchev–Trinajstić information content (AvgIpc) is 3.81. The molecule has 0 radical (unpaired) electrons. The molecule has 3 N–H and O–H groups in total. The van der Waals surface area contributed by atoms with Crippen molar-refractivity contribution >= 4 is 29.2 Å². The van der Waals surface area contributed by atoms with Gasteiger partial charge in [-0.15, -0.1) is 20.4 Å². The van der Waals surface area contributed by atoms with Crippen molar-refractivity contribution in [3.8, 4) is 0 Å². The Morgan fingerprint density at radius 3 is 1.78 bits per heavy atom. The van der Waals surface area contributed by atoms with E-state index in [0.717, 1.165) is 50.1 Å². The zero-order valence-corrected chi connectivity index (χ0v) is 22.4. The van der Waals surface area contributed by atoms with E-state index in [-0.39, 0.29) is 11.8 Å². The SMILES string of the molecule is CC1CN(c2ccc(C(=O)NCCC3CC3)nn2)CC(C)N1.O=C(NCCC1CC1)c1ccc(Cl)nn1. The van der Waals surface area contributed by atoms with Crippen molar-refractivity contribution in [2.24, 2.45) is 11.8 Å². The van der Waals surface area contributed by atoms with E-state index in [1.807, 2.05) is 6.07 Å². The normalized spacial score (nSPS) is 21.0. The van der Waals surface area contributed by atoms with Crippen LogP contribution in [0.3, 0.4) is 0 Å². The third kappa shape index (κ3) is 9.19. The fourth-order valence-electron chi connectivity index (χ4n) is 4.34. The second-order valence-corrected chi connectivity index (χ2v) is 10.8. The van der Waals surface area contributed by atoms with Crippen LogP contribution in [-0.4, -0.2) is 70.5 Å². The van der Waals surface area contributed by atoms with Crippen LogP contribution in [0.4, 0.5) is 5.82 Å². The molecule has 1 saturated heterocycles. The predicted molar refractivity (Wildman–Crippen MR) is 143 cm³/mol. The fourth-order valence-corrected chi connectivity index (χ4v) is 4.44. The number of carbonyl (C=O) groups is 2. The first-order valence-electron chi connectivity index (χ1n) is 13.3. The molecule has 2 aromatic heterocycles. The Labute approximate surface area is 223 Å². The molecule has 10 nitrogen and oxygen atoms in total. The van der Waals surface area contributed by atoms with Crippen molar-refractivity contribution in [3.05, 3.63) is 40.8 Å². The fraction of sp³-hybridized carbons (Fsp3) is 0.615. The molecule has 3 heterocycles. The van der Waals surface area contributed by atoms with E-state index < -0.39 is 0 Å². The molecule has 1 aliphatic heterocycles. The summed E-state index contributed by atoms with van der Waals surface area (Å²) in [7, 11) is 0. The summed E-state index contributed by atoms with van der Waals surface area (Å²) in [6.45, 7) is 7.60. The predicted octanol–water partition coefficient (Wildman–Crippen LogP) is 2.85. The number of nitrogens with one attached hydrogen (secondary N) is 3. The second kappa shape index (κ2) is 13.1. The van der Waals surface area contributed by atoms with Gasteiger partial charge in [0, 0.05) is 38.3 Å². The minimum absolute atomic E-state index is 0.123. The molecule has 2 aromatic rings. The van der Waals surface area contributed by atoms with E-state index in [9.17, 15) is 9.59 Å². The number of rotatable bonds is 9. The van der Waals surface area contributed by atoms with Gasteiger partial charge in [-0.05, 0) is 62.8 Å². The Morgan fingerprint density at radius 2 is 1.35 bits per heavy atom. The number of halogens is 1. The Kier molecular flexibility index (Phi) is 9.62. The number of hydrogen-bond donors (Lipinski definition) is 3. The van der Waals surface area contributed by atoms with E-state index in [2.05, 4.69) is 55.1 Å². The molecule has 3 fully saturated rings. The highest BCUT2D eigenvalue weighted by atomic mass is 35.5. The van der Waals surface area contributed by atoms with Crippen molar-refractivity contribution in [2.45, 2.75) is 64.5 Å². The van der Waals surface area contributed by atoms with Crippen molar-refractivity contribution in [1.82, 2.24) is 36.3 Å². The lowest BCUT2D eigenvalue weighted by Gasteiger charge is -2.36. The Morgan fingerprint density at radius 1 is 0.838 bits per heavy atom. The van der Waals surface area contributed by atoms with Gasteiger partial charge in [0.2, 0.25) is 0 Å². The number of aromatic nitrogens is 4. The zero-order chi connectivity index (χ0) is 26.2. The summed E-state index contributed by atoms with van der Waals surface area (Å²) in [5, 5.41) is 25.1. The van der Waals surface area contributed by atoms with Crippen molar-refractivity contribution in [1.29, 1.82) is 0 Å². The first-order chi connectivity index (χ1) is 17.9. The van der Waals surface area contributed by atoms with Gasteiger partial charge in [-0.3, -0.25) is 9.59 Å². The van der Waals surface area contributed by atoms with E-state index in [1.54, 1.807) is 18.2 Å². The summed E-state index contributed by atoms with van der Waals surface area (Å²) >= 11 is 5.57. The summed E-state index contributed by atoms with van der Waals surface area (Å²) in [5.74, 6) is 2.18. The van der Waals surface area contributed by atoms with Gasteiger partial charge in [-0.1, -0.05) is 37.3 Å². The molecule has 2 amide bonds. The Bertz CT molecular complexity index is 1020. The van der Waals surface area contributed by atoms with Crippen LogP contribution in [0.15, 0.2) is 24.3 Å². The monoisotopic (exact) mass is 528 g/mol. The summed E-state index contributed by atoms with van der Waals surface area (Å²) in [4.78, 5) is 25.7. The van der Waals surface area contributed by atoms with E-state index in [1.165, 1.54) is 25.7 Å². The molecule has 2 aliphatic carbocycles. The van der Waals surface area contributed by atoms with Crippen LogP contribution in [0.5, 0.6) is 0 Å². The summed E-state index contributed by atoms with van der Waals surface area (Å²) in [5.41, 5.74) is 0.714.